The molecule has 2 aromatic rings. The van der Waals surface area contributed by atoms with Gasteiger partial charge in [0.15, 0.2) is 0 Å². The summed E-state index contributed by atoms with van der Waals surface area (Å²) in [6.45, 7) is -0.247. The van der Waals surface area contributed by atoms with Gasteiger partial charge in [0, 0.05) is 6.54 Å². The molecule has 0 aromatic heterocycles. The van der Waals surface area contributed by atoms with Gasteiger partial charge in [-0.05, 0) is 24.3 Å². The molecule has 2 N–H and O–H groups in total. The van der Waals surface area contributed by atoms with Crippen molar-refractivity contribution in [3.05, 3.63) is 63.4 Å². The average molecular weight is 336 g/mol. The number of anilines is 1. The largest absolute Gasteiger partial charge is 0.386 e. The lowest BCUT2D eigenvalue weighted by Gasteiger charge is -2.16. The van der Waals surface area contributed by atoms with Crippen LogP contribution in [0.2, 0.25) is 10.0 Å². The summed E-state index contributed by atoms with van der Waals surface area (Å²) < 4.78 is 40.1. The third-order valence-corrected chi connectivity index (χ3v) is 3.41. The second-order valence-corrected chi connectivity index (χ2v) is 5.09. The molecule has 2 rings (SSSR count). The van der Waals surface area contributed by atoms with E-state index in [2.05, 4.69) is 5.32 Å². The summed E-state index contributed by atoms with van der Waals surface area (Å²) >= 11 is 11.6. The van der Waals surface area contributed by atoms with Crippen molar-refractivity contribution in [2.24, 2.45) is 0 Å². The molecule has 0 heterocycles. The maximum Gasteiger partial charge on any atom is 0.132 e. The minimum absolute atomic E-state index is 0.00112. The Bertz CT molecular complexity index is 623. The van der Waals surface area contributed by atoms with Gasteiger partial charge in [0.2, 0.25) is 0 Å². The molecular weight excluding hydrogens is 326 g/mol. The monoisotopic (exact) mass is 335 g/mol. The minimum atomic E-state index is -1.46. The third kappa shape index (κ3) is 3.61. The topological polar surface area (TPSA) is 32.3 Å². The Kier molecular flexibility index (Phi) is 4.98. The summed E-state index contributed by atoms with van der Waals surface area (Å²) in [5.41, 5.74) is -0.283. The molecule has 0 saturated heterocycles. The van der Waals surface area contributed by atoms with Crippen LogP contribution in [0.3, 0.4) is 0 Å². The van der Waals surface area contributed by atoms with Gasteiger partial charge in [0.25, 0.3) is 0 Å². The summed E-state index contributed by atoms with van der Waals surface area (Å²) in [5.74, 6) is -2.34. The zero-order valence-corrected chi connectivity index (χ0v) is 12.0. The lowest BCUT2D eigenvalue weighted by atomic mass is 10.1. The fraction of sp³-hybridized carbons (Fsp3) is 0.143. The number of hydrogen-bond donors (Lipinski definition) is 2. The summed E-state index contributed by atoms with van der Waals surface area (Å²) in [6.07, 6.45) is -1.46. The van der Waals surface area contributed by atoms with Crippen LogP contribution in [0.15, 0.2) is 30.3 Å². The van der Waals surface area contributed by atoms with Gasteiger partial charge in [-0.3, -0.25) is 0 Å². The summed E-state index contributed by atoms with van der Waals surface area (Å²) in [6, 6.07) is 5.35. The van der Waals surface area contributed by atoms with Gasteiger partial charge < -0.3 is 10.4 Å². The highest BCUT2D eigenvalue weighted by Gasteiger charge is 2.18. The Morgan fingerprint density at radius 1 is 1.05 bits per heavy atom. The Morgan fingerprint density at radius 3 is 2.10 bits per heavy atom. The maximum absolute atomic E-state index is 13.5. The summed E-state index contributed by atoms with van der Waals surface area (Å²) in [5, 5.41) is 12.5. The molecule has 0 aliphatic heterocycles. The van der Waals surface area contributed by atoms with Gasteiger partial charge in [-0.15, -0.1) is 0 Å². The van der Waals surface area contributed by atoms with Crippen molar-refractivity contribution < 1.29 is 18.3 Å². The molecule has 0 fully saturated rings. The molecule has 0 aliphatic carbocycles. The lowest BCUT2D eigenvalue weighted by molar-refractivity contribution is 0.181. The van der Waals surface area contributed by atoms with E-state index in [1.165, 1.54) is 6.07 Å². The first-order valence-electron chi connectivity index (χ1n) is 5.90. The van der Waals surface area contributed by atoms with Crippen LogP contribution >= 0.6 is 23.2 Å². The van der Waals surface area contributed by atoms with Gasteiger partial charge in [-0.1, -0.05) is 29.3 Å². The molecule has 0 spiro atoms. The van der Waals surface area contributed by atoms with Gasteiger partial charge in [-0.25, -0.2) is 13.2 Å². The predicted octanol–water partition coefficient (Wildman–Crippen LogP) is 4.56. The Balaban J connectivity index is 2.17. The van der Waals surface area contributed by atoms with Gasteiger partial charge in [0.05, 0.1) is 21.3 Å². The fourth-order valence-corrected chi connectivity index (χ4v) is 2.43. The summed E-state index contributed by atoms with van der Waals surface area (Å²) in [4.78, 5) is 0. The number of halogens is 5. The van der Waals surface area contributed by atoms with Gasteiger partial charge in [-0.2, -0.15) is 0 Å². The number of benzene rings is 2. The Labute approximate surface area is 129 Å². The zero-order valence-electron chi connectivity index (χ0n) is 10.5. The van der Waals surface area contributed by atoms with Crippen molar-refractivity contribution >= 4 is 28.9 Å². The minimum Gasteiger partial charge on any atom is -0.386 e. The molecule has 0 bridgehead atoms. The lowest BCUT2D eigenvalue weighted by Crippen LogP contribution is -2.15. The Morgan fingerprint density at radius 2 is 1.57 bits per heavy atom. The second-order valence-electron chi connectivity index (χ2n) is 4.28. The van der Waals surface area contributed by atoms with Crippen molar-refractivity contribution in [2.45, 2.75) is 6.10 Å². The van der Waals surface area contributed by atoms with Crippen molar-refractivity contribution in [1.29, 1.82) is 0 Å². The molecule has 1 unspecified atom stereocenters. The number of nitrogens with one attached hydrogen (secondary N) is 1. The smallest absolute Gasteiger partial charge is 0.132 e. The maximum atomic E-state index is 13.5. The van der Waals surface area contributed by atoms with E-state index in [-0.39, 0.29) is 22.3 Å². The molecule has 0 radical (unpaired) electrons. The van der Waals surface area contributed by atoms with E-state index in [0.717, 1.165) is 24.3 Å². The number of rotatable bonds is 4. The first kappa shape index (κ1) is 15.9. The fourth-order valence-electron chi connectivity index (χ4n) is 1.84. The van der Waals surface area contributed by atoms with Crippen molar-refractivity contribution in [3.63, 3.8) is 0 Å². The molecule has 1 atom stereocenters. The molecule has 2 nitrogen and oxygen atoms in total. The van der Waals surface area contributed by atoms with Crippen molar-refractivity contribution in [3.8, 4) is 0 Å². The summed E-state index contributed by atoms with van der Waals surface area (Å²) in [7, 11) is 0. The van der Waals surface area contributed by atoms with Gasteiger partial charge >= 0.3 is 0 Å². The molecule has 2 aromatic carbocycles. The number of aliphatic hydroxyl groups excluding tert-OH is 1. The molecule has 7 heteroatoms. The van der Waals surface area contributed by atoms with E-state index in [1.807, 2.05) is 0 Å². The average Bonchev–Trinajstić information content (AvgIpc) is 2.37. The SMILES string of the molecule is OC(CNc1c(Cl)cc(F)cc1Cl)c1c(F)cccc1F. The molecule has 0 saturated carbocycles. The normalized spacial score (nSPS) is 12.3. The first-order chi connectivity index (χ1) is 9.90. The van der Waals surface area contributed by atoms with Crippen LogP contribution in [0.5, 0.6) is 0 Å². The van der Waals surface area contributed by atoms with Crippen LogP contribution in [0.4, 0.5) is 18.9 Å². The van der Waals surface area contributed by atoms with E-state index >= 15 is 0 Å². The van der Waals surface area contributed by atoms with Crippen LogP contribution in [-0.4, -0.2) is 11.7 Å². The second kappa shape index (κ2) is 6.56. The highest BCUT2D eigenvalue weighted by molar-refractivity contribution is 6.39. The van der Waals surface area contributed by atoms with Gasteiger partial charge in [0.1, 0.15) is 23.6 Å². The van der Waals surface area contributed by atoms with Crippen molar-refractivity contribution in [1.82, 2.24) is 0 Å². The number of aliphatic hydroxyl groups is 1. The van der Waals surface area contributed by atoms with E-state index in [9.17, 15) is 18.3 Å². The van der Waals surface area contributed by atoms with Crippen LogP contribution in [0.25, 0.3) is 0 Å². The van der Waals surface area contributed by atoms with E-state index in [1.54, 1.807) is 0 Å². The molecule has 0 aliphatic rings. The number of hydrogen-bond acceptors (Lipinski definition) is 2. The molecule has 112 valence electrons. The third-order valence-electron chi connectivity index (χ3n) is 2.81. The molecule has 21 heavy (non-hydrogen) atoms. The highest BCUT2D eigenvalue weighted by Crippen LogP contribution is 2.32. The zero-order chi connectivity index (χ0) is 15.6. The molecule has 0 amide bonds. The predicted molar refractivity (Wildman–Crippen MR) is 76.2 cm³/mol. The highest BCUT2D eigenvalue weighted by atomic mass is 35.5. The quantitative estimate of drug-likeness (QED) is 0.858. The van der Waals surface area contributed by atoms with Crippen molar-refractivity contribution in [2.75, 3.05) is 11.9 Å². The van der Waals surface area contributed by atoms with Crippen LogP contribution in [0, 0.1) is 17.5 Å². The van der Waals surface area contributed by atoms with E-state index in [4.69, 9.17) is 23.2 Å². The standard InChI is InChI=1S/C14H10Cl2F3NO/c15-8-4-7(17)5-9(16)14(8)20-6-12(21)13-10(18)2-1-3-11(13)19/h1-5,12,20-21H,6H2. The van der Waals surface area contributed by atoms with Crippen LogP contribution < -0.4 is 5.32 Å². The molecular formula is C14H10Cl2F3NO. The Hall–Kier alpha value is -1.43. The van der Waals surface area contributed by atoms with E-state index in [0.29, 0.717) is 0 Å². The van der Waals surface area contributed by atoms with Crippen LogP contribution in [0.1, 0.15) is 11.7 Å². The van der Waals surface area contributed by atoms with Crippen LogP contribution in [-0.2, 0) is 0 Å². The first-order valence-corrected chi connectivity index (χ1v) is 6.66. The van der Waals surface area contributed by atoms with E-state index < -0.39 is 29.1 Å².